The van der Waals surface area contributed by atoms with E-state index in [0.717, 1.165) is 26.2 Å². The average molecular weight is 246 g/mol. The van der Waals surface area contributed by atoms with E-state index in [1.807, 2.05) is 0 Å². The first kappa shape index (κ1) is 13.4. The van der Waals surface area contributed by atoms with Gasteiger partial charge in [0.15, 0.2) is 0 Å². The molecule has 0 aliphatic carbocycles. The standard InChI is InChI=1S/C16H26N2/c1-12-5-13(2)7-16(6-12)18-10-14(3)8-17-9-15(4)11-18/h5-7,14-15,17H,8-11H2,1-4H3. The summed E-state index contributed by atoms with van der Waals surface area (Å²) in [6.07, 6.45) is 0. The van der Waals surface area contributed by atoms with E-state index in [1.54, 1.807) is 0 Å². The molecule has 1 saturated heterocycles. The van der Waals surface area contributed by atoms with Crippen LogP contribution in [0.3, 0.4) is 0 Å². The van der Waals surface area contributed by atoms with Gasteiger partial charge < -0.3 is 10.2 Å². The fourth-order valence-electron chi connectivity index (χ4n) is 2.88. The zero-order chi connectivity index (χ0) is 13.1. The molecule has 2 rings (SSSR count). The molecule has 0 aromatic heterocycles. The molecule has 1 aliphatic rings. The van der Waals surface area contributed by atoms with Crippen molar-refractivity contribution in [3.8, 4) is 0 Å². The van der Waals surface area contributed by atoms with E-state index < -0.39 is 0 Å². The maximum atomic E-state index is 3.55. The predicted octanol–water partition coefficient (Wildman–Crippen LogP) is 2.99. The van der Waals surface area contributed by atoms with Crippen LogP contribution in [0.15, 0.2) is 18.2 Å². The number of nitrogens with one attached hydrogen (secondary N) is 1. The van der Waals surface area contributed by atoms with Crippen LogP contribution in [0, 0.1) is 25.7 Å². The van der Waals surface area contributed by atoms with E-state index in [4.69, 9.17) is 0 Å². The van der Waals surface area contributed by atoms with Gasteiger partial charge in [-0.15, -0.1) is 0 Å². The lowest BCUT2D eigenvalue weighted by molar-refractivity contribution is 0.410. The smallest absolute Gasteiger partial charge is 0.0371 e. The van der Waals surface area contributed by atoms with Gasteiger partial charge in [-0.25, -0.2) is 0 Å². The van der Waals surface area contributed by atoms with Crippen molar-refractivity contribution in [2.75, 3.05) is 31.1 Å². The summed E-state index contributed by atoms with van der Waals surface area (Å²) in [6.45, 7) is 13.6. The van der Waals surface area contributed by atoms with Crippen LogP contribution in [0.2, 0.25) is 0 Å². The summed E-state index contributed by atoms with van der Waals surface area (Å²) in [5.41, 5.74) is 4.13. The Bertz CT molecular complexity index is 368. The molecule has 100 valence electrons. The van der Waals surface area contributed by atoms with Crippen molar-refractivity contribution in [3.05, 3.63) is 29.3 Å². The largest absolute Gasteiger partial charge is 0.371 e. The van der Waals surface area contributed by atoms with Gasteiger partial charge in [-0.1, -0.05) is 19.9 Å². The van der Waals surface area contributed by atoms with Crippen molar-refractivity contribution in [2.45, 2.75) is 27.7 Å². The monoisotopic (exact) mass is 246 g/mol. The average Bonchev–Trinajstić information content (AvgIpc) is 2.24. The van der Waals surface area contributed by atoms with Gasteiger partial charge in [0.05, 0.1) is 0 Å². The van der Waals surface area contributed by atoms with Crippen LogP contribution in [0.4, 0.5) is 5.69 Å². The molecule has 0 bridgehead atoms. The number of anilines is 1. The second kappa shape index (κ2) is 5.75. The molecular formula is C16H26N2. The lowest BCUT2D eigenvalue weighted by atomic mass is 10.0. The van der Waals surface area contributed by atoms with Crippen LogP contribution >= 0.6 is 0 Å². The first-order chi connectivity index (χ1) is 8.54. The summed E-state index contributed by atoms with van der Waals surface area (Å²) < 4.78 is 0. The minimum atomic E-state index is 0.707. The molecule has 1 N–H and O–H groups in total. The Kier molecular flexibility index (Phi) is 4.28. The third kappa shape index (κ3) is 3.49. The second-order valence-electron chi connectivity index (χ2n) is 6.12. The minimum Gasteiger partial charge on any atom is -0.371 e. The van der Waals surface area contributed by atoms with Crippen molar-refractivity contribution in [2.24, 2.45) is 11.8 Å². The Hall–Kier alpha value is -1.02. The number of hydrogen-bond acceptors (Lipinski definition) is 2. The summed E-state index contributed by atoms with van der Waals surface area (Å²) in [7, 11) is 0. The summed E-state index contributed by atoms with van der Waals surface area (Å²) in [5.74, 6) is 1.41. The molecule has 1 heterocycles. The van der Waals surface area contributed by atoms with Crippen LogP contribution in [-0.2, 0) is 0 Å². The highest BCUT2D eigenvalue weighted by Gasteiger charge is 2.17. The molecule has 0 radical (unpaired) electrons. The van der Waals surface area contributed by atoms with Crippen LogP contribution in [0.5, 0.6) is 0 Å². The highest BCUT2D eigenvalue weighted by Crippen LogP contribution is 2.21. The molecular weight excluding hydrogens is 220 g/mol. The summed E-state index contributed by atoms with van der Waals surface area (Å²) in [5, 5.41) is 3.55. The molecule has 0 saturated carbocycles. The topological polar surface area (TPSA) is 15.3 Å². The molecule has 2 unspecified atom stereocenters. The number of aryl methyl sites for hydroxylation is 2. The van der Waals surface area contributed by atoms with Crippen LogP contribution in [0.1, 0.15) is 25.0 Å². The van der Waals surface area contributed by atoms with Gasteiger partial charge in [0.25, 0.3) is 0 Å². The Balaban J connectivity index is 2.21. The van der Waals surface area contributed by atoms with Crippen molar-refractivity contribution >= 4 is 5.69 Å². The predicted molar refractivity (Wildman–Crippen MR) is 79.3 cm³/mol. The van der Waals surface area contributed by atoms with Crippen molar-refractivity contribution < 1.29 is 0 Å². The maximum absolute atomic E-state index is 3.55. The lowest BCUT2D eigenvalue weighted by Gasteiger charge is -2.34. The molecule has 0 spiro atoms. The van der Waals surface area contributed by atoms with Gasteiger partial charge in [0.2, 0.25) is 0 Å². The lowest BCUT2D eigenvalue weighted by Crippen LogP contribution is -2.42. The Morgan fingerprint density at radius 3 is 1.94 bits per heavy atom. The van der Waals surface area contributed by atoms with E-state index >= 15 is 0 Å². The van der Waals surface area contributed by atoms with Crippen molar-refractivity contribution in [1.29, 1.82) is 0 Å². The molecule has 0 amide bonds. The molecule has 1 aromatic carbocycles. The SMILES string of the molecule is Cc1cc(C)cc(N2CC(C)CNCC(C)C2)c1. The molecule has 1 fully saturated rings. The van der Waals surface area contributed by atoms with Gasteiger partial charge in [0, 0.05) is 18.8 Å². The first-order valence-electron chi connectivity index (χ1n) is 7.08. The summed E-state index contributed by atoms with van der Waals surface area (Å²) in [6, 6.07) is 6.89. The molecule has 1 aliphatic heterocycles. The van der Waals surface area contributed by atoms with Gasteiger partial charge in [-0.3, -0.25) is 0 Å². The molecule has 2 heteroatoms. The van der Waals surface area contributed by atoms with E-state index in [-0.39, 0.29) is 0 Å². The molecule has 2 atom stereocenters. The highest BCUT2D eigenvalue weighted by atomic mass is 15.1. The van der Waals surface area contributed by atoms with E-state index in [9.17, 15) is 0 Å². The van der Waals surface area contributed by atoms with Crippen LogP contribution in [0.25, 0.3) is 0 Å². The zero-order valence-electron chi connectivity index (χ0n) is 12.2. The van der Waals surface area contributed by atoms with E-state index in [0.29, 0.717) is 11.8 Å². The highest BCUT2D eigenvalue weighted by molar-refractivity contribution is 5.51. The quantitative estimate of drug-likeness (QED) is 0.819. The molecule has 1 aromatic rings. The molecule has 18 heavy (non-hydrogen) atoms. The third-order valence-corrected chi connectivity index (χ3v) is 3.62. The number of benzene rings is 1. The van der Waals surface area contributed by atoms with Crippen molar-refractivity contribution in [3.63, 3.8) is 0 Å². The normalized spacial score (nSPS) is 25.7. The summed E-state index contributed by atoms with van der Waals surface area (Å²) in [4.78, 5) is 2.57. The number of hydrogen-bond donors (Lipinski definition) is 1. The Morgan fingerprint density at radius 2 is 1.44 bits per heavy atom. The fraction of sp³-hybridized carbons (Fsp3) is 0.625. The van der Waals surface area contributed by atoms with Gasteiger partial charge in [-0.05, 0) is 62.0 Å². The zero-order valence-corrected chi connectivity index (χ0v) is 12.2. The van der Waals surface area contributed by atoms with Crippen LogP contribution < -0.4 is 10.2 Å². The van der Waals surface area contributed by atoms with E-state index in [1.165, 1.54) is 16.8 Å². The summed E-state index contributed by atoms with van der Waals surface area (Å²) >= 11 is 0. The van der Waals surface area contributed by atoms with Gasteiger partial charge in [0.1, 0.15) is 0 Å². The molecule has 2 nitrogen and oxygen atoms in total. The Morgan fingerprint density at radius 1 is 0.944 bits per heavy atom. The maximum Gasteiger partial charge on any atom is 0.0371 e. The third-order valence-electron chi connectivity index (χ3n) is 3.62. The first-order valence-corrected chi connectivity index (χ1v) is 7.08. The number of nitrogens with zero attached hydrogens (tertiary/aromatic N) is 1. The van der Waals surface area contributed by atoms with Crippen molar-refractivity contribution in [1.82, 2.24) is 5.32 Å². The Labute approximate surface area is 111 Å². The fourth-order valence-corrected chi connectivity index (χ4v) is 2.88. The minimum absolute atomic E-state index is 0.707. The second-order valence-corrected chi connectivity index (χ2v) is 6.12. The van der Waals surface area contributed by atoms with E-state index in [2.05, 4.69) is 56.1 Å². The van der Waals surface area contributed by atoms with Crippen LogP contribution in [-0.4, -0.2) is 26.2 Å². The number of rotatable bonds is 1. The van der Waals surface area contributed by atoms with Gasteiger partial charge >= 0.3 is 0 Å². The van der Waals surface area contributed by atoms with Gasteiger partial charge in [-0.2, -0.15) is 0 Å².